The Hall–Kier alpha value is -2.84. The molecule has 2 heterocycles. The standard InChI is InChI=1S/C22H20FN3O3S/c23-16-4-1-14(2-5-16)19-24-17-6-3-15(13-18(17)30-19)20(27)25-9-11-26(12-10-25)21(28)22(29)7-8-22/h1-6,13,29H,7-12H2. The van der Waals surface area contributed by atoms with Crippen LogP contribution in [0.4, 0.5) is 4.39 Å². The summed E-state index contributed by atoms with van der Waals surface area (Å²) >= 11 is 1.46. The SMILES string of the molecule is O=C(c1ccc2nc(-c3ccc(F)cc3)sc2c1)N1CCN(C(=O)C2(O)CC2)CC1. The molecule has 1 aliphatic heterocycles. The number of benzene rings is 2. The van der Waals surface area contributed by atoms with Crippen molar-refractivity contribution in [2.24, 2.45) is 0 Å². The average Bonchev–Trinajstić information content (AvgIpc) is 3.38. The van der Waals surface area contributed by atoms with Gasteiger partial charge in [-0.3, -0.25) is 9.59 Å². The second kappa shape index (κ2) is 7.14. The van der Waals surface area contributed by atoms with Gasteiger partial charge in [0.1, 0.15) is 16.4 Å². The van der Waals surface area contributed by atoms with E-state index < -0.39 is 5.60 Å². The largest absolute Gasteiger partial charge is 0.380 e. The van der Waals surface area contributed by atoms with Crippen LogP contribution in [0.25, 0.3) is 20.8 Å². The van der Waals surface area contributed by atoms with Crippen LogP contribution < -0.4 is 0 Å². The second-order valence-electron chi connectivity index (χ2n) is 7.82. The van der Waals surface area contributed by atoms with Crippen LogP contribution in [0.3, 0.4) is 0 Å². The number of fused-ring (bicyclic) bond motifs is 1. The summed E-state index contributed by atoms with van der Waals surface area (Å²) in [5.41, 5.74) is 1.05. The minimum Gasteiger partial charge on any atom is -0.380 e. The first-order valence-corrected chi connectivity index (χ1v) is 10.7. The molecule has 1 aliphatic carbocycles. The van der Waals surface area contributed by atoms with Gasteiger partial charge in [-0.1, -0.05) is 0 Å². The molecule has 2 amide bonds. The lowest BCUT2D eigenvalue weighted by molar-refractivity contribution is -0.143. The molecule has 1 N–H and O–H groups in total. The van der Waals surface area contributed by atoms with Crippen molar-refractivity contribution in [3.05, 3.63) is 53.8 Å². The third-order valence-electron chi connectivity index (χ3n) is 5.70. The molecular weight excluding hydrogens is 405 g/mol. The number of aliphatic hydroxyl groups is 1. The Labute approximate surface area is 176 Å². The van der Waals surface area contributed by atoms with Crippen LogP contribution >= 0.6 is 11.3 Å². The maximum absolute atomic E-state index is 13.2. The summed E-state index contributed by atoms with van der Waals surface area (Å²) < 4.78 is 14.1. The molecule has 2 aromatic carbocycles. The van der Waals surface area contributed by atoms with E-state index in [-0.39, 0.29) is 17.6 Å². The lowest BCUT2D eigenvalue weighted by Gasteiger charge is -2.35. The Morgan fingerprint density at radius 2 is 1.67 bits per heavy atom. The highest BCUT2D eigenvalue weighted by molar-refractivity contribution is 7.21. The van der Waals surface area contributed by atoms with Crippen LogP contribution in [-0.2, 0) is 4.79 Å². The van der Waals surface area contributed by atoms with Crippen molar-refractivity contribution in [1.82, 2.24) is 14.8 Å². The first-order valence-electron chi connectivity index (χ1n) is 9.90. The Balaban J connectivity index is 1.30. The normalized spacial score (nSPS) is 17.9. The molecule has 1 saturated heterocycles. The predicted octanol–water partition coefficient (Wildman–Crippen LogP) is 2.91. The molecule has 8 heteroatoms. The van der Waals surface area contributed by atoms with E-state index in [0.29, 0.717) is 44.6 Å². The fourth-order valence-electron chi connectivity index (χ4n) is 3.70. The number of nitrogens with zero attached hydrogens (tertiary/aromatic N) is 3. The van der Waals surface area contributed by atoms with Gasteiger partial charge >= 0.3 is 0 Å². The summed E-state index contributed by atoms with van der Waals surface area (Å²) in [5.74, 6) is -0.583. The quantitative estimate of drug-likeness (QED) is 0.700. The third kappa shape index (κ3) is 3.46. The highest BCUT2D eigenvalue weighted by Crippen LogP contribution is 2.37. The first kappa shape index (κ1) is 19.1. The van der Waals surface area contributed by atoms with E-state index >= 15 is 0 Å². The molecule has 0 atom stereocenters. The van der Waals surface area contributed by atoms with E-state index in [9.17, 15) is 19.1 Å². The van der Waals surface area contributed by atoms with E-state index in [1.54, 1.807) is 28.0 Å². The van der Waals surface area contributed by atoms with Gasteiger partial charge < -0.3 is 14.9 Å². The van der Waals surface area contributed by atoms with Crippen molar-refractivity contribution in [2.45, 2.75) is 18.4 Å². The van der Waals surface area contributed by atoms with E-state index in [4.69, 9.17) is 0 Å². The van der Waals surface area contributed by atoms with Crippen molar-refractivity contribution < 1.29 is 19.1 Å². The monoisotopic (exact) mass is 425 g/mol. The molecule has 0 radical (unpaired) electrons. The van der Waals surface area contributed by atoms with Crippen LogP contribution in [0, 0.1) is 5.82 Å². The zero-order chi connectivity index (χ0) is 20.9. The molecule has 2 aliphatic rings. The summed E-state index contributed by atoms with van der Waals surface area (Å²) in [7, 11) is 0. The highest BCUT2D eigenvalue weighted by atomic mass is 32.1. The van der Waals surface area contributed by atoms with Crippen molar-refractivity contribution in [3.8, 4) is 10.6 Å². The number of carbonyl (C=O) groups is 2. The van der Waals surface area contributed by atoms with Gasteiger partial charge in [0, 0.05) is 37.3 Å². The summed E-state index contributed by atoms with van der Waals surface area (Å²) in [6, 6.07) is 11.6. The van der Waals surface area contributed by atoms with Crippen LogP contribution in [0.15, 0.2) is 42.5 Å². The summed E-state index contributed by atoms with van der Waals surface area (Å²) in [5, 5.41) is 10.8. The molecule has 3 aromatic rings. The maximum atomic E-state index is 13.2. The number of hydrogen-bond acceptors (Lipinski definition) is 5. The first-order chi connectivity index (χ1) is 14.4. The molecule has 1 saturated carbocycles. The molecule has 154 valence electrons. The van der Waals surface area contributed by atoms with Gasteiger partial charge in [-0.25, -0.2) is 9.37 Å². The molecule has 0 unspecified atom stereocenters. The summed E-state index contributed by atoms with van der Waals surface area (Å²) in [6.45, 7) is 1.76. The Morgan fingerprint density at radius 1 is 1.00 bits per heavy atom. The number of carbonyl (C=O) groups excluding carboxylic acids is 2. The van der Waals surface area contributed by atoms with E-state index in [1.807, 2.05) is 12.1 Å². The minimum atomic E-state index is -1.16. The van der Waals surface area contributed by atoms with Gasteiger partial charge in [-0.05, 0) is 55.3 Å². The fourth-order valence-corrected chi connectivity index (χ4v) is 4.71. The lowest BCUT2D eigenvalue weighted by atomic mass is 10.1. The lowest BCUT2D eigenvalue weighted by Crippen LogP contribution is -2.53. The van der Waals surface area contributed by atoms with E-state index in [2.05, 4.69) is 4.98 Å². The molecule has 6 nitrogen and oxygen atoms in total. The number of aromatic nitrogens is 1. The van der Waals surface area contributed by atoms with Crippen LogP contribution in [0.5, 0.6) is 0 Å². The van der Waals surface area contributed by atoms with E-state index in [0.717, 1.165) is 20.8 Å². The van der Waals surface area contributed by atoms with Crippen molar-refractivity contribution in [2.75, 3.05) is 26.2 Å². The zero-order valence-electron chi connectivity index (χ0n) is 16.2. The Bertz CT molecular complexity index is 1130. The Kier molecular flexibility index (Phi) is 4.56. The number of thiazole rings is 1. The number of hydrogen-bond donors (Lipinski definition) is 1. The number of amides is 2. The number of piperazine rings is 1. The van der Waals surface area contributed by atoms with Gasteiger partial charge in [0.15, 0.2) is 0 Å². The van der Waals surface area contributed by atoms with Gasteiger partial charge in [0.25, 0.3) is 11.8 Å². The third-order valence-corrected chi connectivity index (χ3v) is 6.77. The van der Waals surface area contributed by atoms with Crippen LogP contribution in [-0.4, -0.2) is 63.5 Å². The number of rotatable bonds is 3. The topological polar surface area (TPSA) is 73.7 Å². The van der Waals surface area contributed by atoms with Crippen molar-refractivity contribution in [3.63, 3.8) is 0 Å². The van der Waals surface area contributed by atoms with Crippen LogP contribution in [0.1, 0.15) is 23.2 Å². The Morgan fingerprint density at radius 3 is 2.33 bits per heavy atom. The number of halogens is 1. The van der Waals surface area contributed by atoms with Gasteiger partial charge in [-0.2, -0.15) is 0 Å². The van der Waals surface area contributed by atoms with Crippen molar-refractivity contribution in [1.29, 1.82) is 0 Å². The van der Waals surface area contributed by atoms with Gasteiger partial charge in [-0.15, -0.1) is 11.3 Å². The predicted molar refractivity (Wildman–Crippen MR) is 112 cm³/mol. The second-order valence-corrected chi connectivity index (χ2v) is 8.86. The minimum absolute atomic E-state index is 0.0779. The van der Waals surface area contributed by atoms with Gasteiger partial charge in [0.05, 0.1) is 10.2 Å². The van der Waals surface area contributed by atoms with Crippen molar-refractivity contribution >= 4 is 33.4 Å². The molecule has 2 fully saturated rings. The molecular formula is C22H20FN3O3S. The molecule has 5 rings (SSSR count). The van der Waals surface area contributed by atoms with Crippen LogP contribution in [0.2, 0.25) is 0 Å². The molecule has 0 bridgehead atoms. The molecule has 30 heavy (non-hydrogen) atoms. The zero-order valence-corrected chi connectivity index (χ0v) is 17.0. The highest BCUT2D eigenvalue weighted by Gasteiger charge is 2.50. The molecule has 1 aromatic heterocycles. The van der Waals surface area contributed by atoms with Gasteiger partial charge in [0.2, 0.25) is 0 Å². The van der Waals surface area contributed by atoms with E-state index in [1.165, 1.54) is 23.5 Å². The summed E-state index contributed by atoms with van der Waals surface area (Å²) in [4.78, 5) is 33.2. The smallest absolute Gasteiger partial charge is 0.254 e. The average molecular weight is 425 g/mol. The molecule has 0 spiro atoms. The maximum Gasteiger partial charge on any atom is 0.254 e. The summed E-state index contributed by atoms with van der Waals surface area (Å²) in [6.07, 6.45) is 1.06. The fraction of sp³-hybridized carbons (Fsp3) is 0.318.